The molecule has 0 bridgehead atoms. The van der Waals surface area contributed by atoms with Gasteiger partial charge in [-0.1, -0.05) is 12.1 Å². The summed E-state index contributed by atoms with van der Waals surface area (Å²) in [6, 6.07) is 11.0. The van der Waals surface area contributed by atoms with Gasteiger partial charge in [-0.2, -0.15) is 0 Å². The Hall–Kier alpha value is -2.60. The van der Waals surface area contributed by atoms with Gasteiger partial charge in [-0.15, -0.1) is 0 Å². The minimum atomic E-state index is -0.173. The number of anilines is 2. The summed E-state index contributed by atoms with van der Waals surface area (Å²) >= 11 is 0. The second kappa shape index (κ2) is 7.98. The number of pyridine rings is 1. The van der Waals surface area contributed by atoms with Crippen LogP contribution in [0.5, 0.6) is 5.75 Å². The number of hydrogen-bond acceptors (Lipinski definition) is 5. The van der Waals surface area contributed by atoms with Crippen molar-refractivity contribution < 1.29 is 14.3 Å². The molecule has 2 aromatic rings. The largest absolute Gasteiger partial charge is 0.495 e. The maximum atomic E-state index is 12.7. The van der Waals surface area contributed by atoms with Gasteiger partial charge in [0.2, 0.25) is 0 Å². The van der Waals surface area contributed by atoms with Crippen LogP contribution >= 0.6 is 0 Å². The highest BCUT2D eigenvalue weighted by Gasteiger charge is 2.25. The predicted molar refractivity (Wildman–Crippen MR) is 96.4 cm³/mol. The molecule has 3 rings (SSSR count). The molecule has 0 aliphatic carbocycles. The van der Waals surface area contributed by atoms with E-state index in [-0.39, 0.29) is 18.1 Å². The highest BCUT2D eigenvalue weighted by molar-refractivity contribution is 5.99. The van der Waals surface area contributed by atoms with Gasteiger partial charge in [-0.05, 0) is 44.0 Å². The Morgan fingerprint density at radius 2 is 2.16 bits per heavy atom. The summed E-state index contributed by atoms with van der Waals surface area (Å²) in [5.74, 6) is 1.00. The van der Waals surface area contributed by atoms with Gasteiger partial charge >= 0.3 is 0 Å². The SMILES string of the molecule is COc1ccccc1Nc1ncccc1C(=O)NC(C)C1CCCO1. The Balaban J connectivity index is 1.77. The van der Waals surface area contributed by atoms with Crippen molar-refractivity contribution in [3.05, 3.63) is 48.2 Å². The number of nitrogens with one attached hydrogen (secondary N) is 2. The Morgan fingerprint density at radius 1 is 1.32 bits per heavy atom. The molecule has 1 saturated heterocycles. The van der Waals surface area contributed by atoms with Gasteiger partial charge in [0.05, 0.1) is 30.5 Å². The number of nitrogens with zero attached hydrogens (tertiary/aromatic N) is 1. The molecule has 1 aliphatic rings. The van der Waals surface area contributed by atoms with Crippen molar-refractivity contribution in [2.45, 2.75) is 31.9 Å². The quantitative estimate of drug-likeness (QED) is 0.844. The topological polar surface area (TPSA) is 72.5 Å². The lowest BCUT2D eigenvalue weighted by atomic mass is 10.1. The van der Waals surface area contributed by atoms with Crippen molar-refractivity contribution >= 4 is 17.4 Å². The van der Waals surface area contributed by atoms with E-state index in [0.717, 1.165) is 25.1 Å². The van der Waals surface area contributed by atoms with Crippen LogP contribution in [-0.4, -0.2) is 36.8 Å². The van der Waals surface area contributed by atoms with Gasteiger partial charge in [-0.3, -0.25) is 4.79 Å². The molecule has 0 saturated carbocycles. The van der Waals surface area contributed by atoms with Crippen LogP contribution in [0.3, 0.4) is 0 Å². The zero-order chi connectivity index (χ0) is 17.6. The highest BCUT2D eigenvalue weighted by atomic mass is 16.5. The molecule has 2 N–H and O–H groups in total. The number of carbonyl (C=O) groups excluding carboxylic acids is 1. The fourth-order valence-corrected chi connectivity index (χ4v) is 2.94. The van der Waals surface area contributed by atoms with E-state index in [9.17, 15) is 4.79 Å². The molecule has 2 unspecified atom stereocenters. The minimum absolute atomic E-state index is 0.0469. The molecular weight excluding hydrogens is 318 g/mol. The third-order valence-corrected chi connectivity index (χ3v) is 4.29. The van der Waals surface area contributed by atoms with Crippen molar-refractivity contribution in [2.75, 3.05) is 19.0 Å². The van der Waals surface area contributed by atoms with E-state index in [1.165, 1.54) is 0 Å². The van der Waals surface area contributed by atoms with Gasteiger partial charge < -0.3 is 20.1 Å². The average molecular weight is 341 g/mol. The molecule has 132 valence electrons. The number of hydrogen-bond donors (Lipinski definition) is 2. The van der Waals surface area contributed by atoms with Crippen LogP contribution in [-0.2, 0) is 4.74 Å². The fraction of sp³-hybridized carbons (Fsp3) is 0.368. The maximum absolute atomic E-state index is 12.7. The number of rotatable bonds is 6. The molecule has 2 heterocycles. The second-order valence-corrected chi connectivity index (χ2v) is 6.04. The number of ether oxygens (including phenoxy) is 2. The van der Waals surface area contributed by atoms with Crippen molar-refractivity contribution in [3.63, 3.8) is 0 Å². The molecule has 6 heteroatoms. The summed E-state index contributed by atoms with van der Waals surface area (Å²) in [7, 11) is 1.61. The summed E-state index contributed by atoms with van der Waals surface area (Å²) in [6.07, 6.45) is 3.74. The van der Waals surface area contributed by atoms with E-state index < -0.39 is 0 Å². The van der Waals surface area contributed by atoms with Crippen molar-refractivity contribution in [1.29, 1.82) is 0 Å². The van der Waals surface area contributed by atoms with E-state index in [4.69, 9.17) is 9.47 Å². The lowest BCUT2D eigenvalue weighted by molar-refractivity contribution is 0.0712. The molecule has 2 atom stereocenters. The van der Waals surface area contributed by atoms with Gasteiger partial charge in [-0.25, -0.2) is 4.98 Å². The molecule has 1 aliphatic heterocycles. The highest BCUT2D eigenvalue weighted by Crippen LogP contribution is 2.27. The predicted octanol–water partition coefficient (Wildman–Crippen LogP) is 3.13. The number of benzene rings is 1. The standard InChI is InChI=1S/C19H23N3O3/c1-13(16-10-6-12-25-16)21-19(23)14-7-5-11-20-18(14)22-15-8-3-4-9-17(15)24-2/h3-5,7-9,11,13,16H,6,10,12H2,1-2H3,(H,20,22)(H,21,23). The van der Waals surface area contributed by atoms with Crippen molar-refractivity contribution in [1.82, 2.24) is 10.3 Å². The molecule has 6 nitrogen and oxygen atoms in total. The first-order chi connectivity index (χ1) is 12.2. The van der Waals surface area contributed by atoms with Gasteiger partial charge in [0.25, 0.3) is 5.91 Å². The molecular formula is C19H23N3O3. The third-order valence-electron chi connectivity index (χ3n) is 4.29. The smallest absolute Gasteiger partial charge is 0.255 e. The van der Waals surface area contributed by atoms with Crippen LogP contribution in [0.1, 0.15) is 30.1 Å². The number of amides is 1. The number of aromatic nitrogens is 1. The average Bonchev–Trinajstić information content (AvgIpc) is 3.17. The minimum Gasteiger partial charge on any atom is -0.495 e. The van der Waals surface area contributed by atoms with Crippen molar-refractivity contribution in [2.24, 2.45) is 0 Å². The van der Waals surface area contributed by atoms with Crippen LogP contribution in [0.2, 0.25) is 0 Å². The van der Waals surface area contributed by atoms with Gasteiger partial charge in [0.1, 0.15) is 11.6 Å². The summed E-state index contributed by atoms with van der Waals surface area (Å²) in [5.41, 5.74) is 1.24. The molecule has 1 aromatic carbocycles. The molecule has 1 amide bonds. The van der Waals surface area contributed by atoms with E-state index in [1.807, 2.05) is 31.2 Å². The first kappa shape index (κ1) is 17.2. The zero-order valence-electron chi connectivity index (χ0n) is 14.5. The lowest BCUT2D eigenvalue weighted by Crippen LogP contribution is -2.41. The molecule has 1 fully saturated rings. The zero-order valence-corrected chi connectivity index (χ0v) is 14.5. The van der Waals surface area contributed by atoms with Crippen molar-refractivity contribution in [3.8, 4) is 5.75 Å². The van der Waals surface area contributed by atoms with E-state index >= 15 is 0 Å². The third kappa shape index (κ3) is 4.09. The van der Waals surface area contributed by atoms with Crippen LogP contribution in [0.4, 0.5) is 11.5 Å². The van der Waals surface area contributed by atoms with E-state index in [2.05, 4.69) is 15.6 Å². The lowest BCUT2D eigenvalue weighted by Gasteiger charge is -2.21. The van der Waals surface area contributed by atoms with Crippen LogP contribution < -0.4 is 15.4 Å². The van der Waals surface area contributed by atoms with Crippen LogP contribution in [0.25, 0.3) is 0 Å². The number of carbonyl (C=O) groups is 1. The van der Waals surface area contributed by atoms with E-state index in [0.29, 0.717) is 17.1 Å². The van der Waals surface area contributed by atoms with Crippen LogP contribution in [0.15, 0.2) is 42.6 Å². The summed E-state index contributed by atoms with van der Waals surface area (Å²) in [4.78, 5) is 17.0. The summed E-state index contributed by atoms with van der Waals surface area (Å²) in [6.45, 7) is 2.73. The van der Waals surface area contributed by atoms with Gasteiger partial charge in [0, 0.05) is 12.8 Å². The Labute approximate surface area is 147 Å². The number of para-hydroxylation sites is 2. The Kier molecular flexibility index (Phi) is 5.50. The molecule has 25 heavy (non-hydrogen) atoms. The summed E-state index contributed by atoms with van der Waals surface area (Å²) in [5, 5.41) is 6.21. The molecule has 0 radical (unpaired) electrons. The summed E-state index contributed by atoms with van der Waals surface area (Å²) < 4.78 is 11.0. The molecule has 0 spiro atoms. The normalized spacial score (nSPS) is 17.8. The number of methoxy groups -OCH3 is 1. The fourth-order valence-electron chi connectivity index (χ4n) is 2.94. The van der Waals surface area contributed by atoms with Crippen LogP contribution in [0, 0.1) is 0 Å². The maximum Gasteiger partial charge on any atom is 0.255 e. The Morgan fingerprint density at radius 3 is 2.92 bits per heavy atom. The Bertz CT molecular complexity index is 729. The van der Waals surface area contributed by atoms with Gasteiger partial charge in [0.15, 0.2) is 0 Å². The molecule has 1 aromatic heterocycles. The van der Waals surface area contributed by atoms with E-state index in [1.54, 1.807) is 25.4 Å². The first-order valence-electron chi connectivity index (χ1n) is 8.46. The first-order valence-corrected chi connectivity index (χ1v) is 8.46. The second-order valence-electron chi connectivity index (χ2n) is 6.04. The monoisotopic (exact) mass is 341 g/mol.